The van der Waals surface area contributed by atoms with Gasteiger partial charge in [-0.3, -0.25) is 4.79 Å². The van der Waals surface area contributed by atoms with Crippen LogP contribution in [-0.2, 0) is 0 Å². The van der Waals surface area contributed by atoms with Crippen LogP contribution in [0.15, 0.2) is 29.3 Å². The first kappa shape index (κ1) is 10.4. The van der Waals surface area contributed by atoms with Crippen molar-refractivity contribution in [3.8, 4) is 0 Å². The van der Waals surface area contributed by atoms with E-state index in [-0.39, 0.29) is 5.91 Å². The van der Waals surface area contributed by atoms with Gasteiger partial charge in [0, 0.05) is 11.9 Å². The molecular formula is C11H14N2O. The Bertz CT molecular complexity index is 345. The molecule has 0 unspecified atom stereocenters. The van der Waals surface area contributed by atoms with Gasteiger partial charge in [-0.2, -0.15) is 0 Å². The smallest absolute Gasteiger partial charge is 0.278 e. The van der Waals surface area contributed by atoms with Gasteiger partial charge in [0.1, 0.15) is 0 Å². The molecule has 0 saturated heterocycles. The van der Waals surface area contributed by atoms with Crippen LogP contribution < -0.4 is 5.73 Å². The maximum atomic E-state index is 11.5. The van der Waals surface area contributed by atoms with E-state index in [9.17, 15) is 4.79 Å². The number of unbranched alkanes of at least 4 members (excludes halogenated alkanes) is 1. The van der Waals surface area contributed by atoms with E-state index in [0.717, 1.165) is 12.8 Å². The highest BCUT2D eigenvalue weighted by atomic mass is 16.1. The van der Waals surface area contributed by atoms with Crippen LogP contribution in [0.3, 0.4) is 0 Å². The molecule has 0 bridgehead atoms. The van der Waals surface area contributed by atoms with Crippen LogP contribution >= 0.6 is 0 Å². The molecule has 0 fully saturated rings. The molecule has 2 N–H and O–H groups in total. The number of carbonyl (C=O) groups excluding carboxylic acids is 1. The number of anilines is 1. The number of para-hydroxylation sites is 1. The highest BCUT2D eigenvalue weighted by molar-refractivity contribution is 6.02. The predicted octanol–water partition coefficient (Wildman–Crippen LogP) is 2.28. The van der Waals surface area contributed by atoms with E-state index >= 15 is 0 Å². The van der Waals surface area contributed by atoms with Crippen LogP contribution in [0.2, 0.25) is 0 Å². The molecule has 0 aliphatic heterocycles. The van der Waals surface area contributed by atoms with Gasteiger partial charge in [-0.05, 0) is 18.6 Å². The molecule has 1 aromatic carbocycles. The van der Waals surface area contributed by atoms with Gasteiger partial charge in [-0.15, -0.1) is 0 Å². The van der Waals surface area contributed by atoms with Crippen molar-refractivity contribution in [3.05, 3.63) is 29.8 Å². The molecule has 0 atom stereocenters. The summed E-state index contributed by atoms with van der Waals surface area (Å²) in [6.45, 7) is 2.04. The second-order valence-corrected chi connectivity index (χ2v) is 2.99. The molecule has 14 heavy (non-hydrogen) atoms. The summed E-state index contributed by atoms with van der Waals surface area (Å²) in [7, 11) is 0. The molecule has 1 amide bonds. The number of aliphatic imine (C=N–C) groups is 1. The largest absolute Gasteiger partial charge is 0.398 e. The summed E-state index contributed by atoms with van der Waals surface area (Å²) < 4.78 is 0. The van der Waals surface area contributed by atoms with Gasteiger partial charge >= 0.3 is 0 Å². The monoisotopic (exact) mass is 190 g/mol. The molecular weight excluding hydrogens is 176 g/mol. The van der Waals surface area contributed by atoms with Crippen LogP contribution in [0, 0.1) is 0 Å². The maximum Gasteiger partial charge on any atom is 0.278 e. The minimum atomic E-state index is -0.267. The summed E-state index contributed by atoms with van der Waals surface area (Å²) in [5.74, 6) is -0.267. The van der Waals surface area contributed by atoms with Crippen molar-refractivity contribution < 1.29 is 4.79 Å². The molecule has 3 nitrogen and oxygen atoms in total. The highest BCUT2D eigenvalue weighted by Crippen LogP contribution is 2.11. The van der Waals surface area contributed by atoms with E-state index in [1.165, 1.54) is 0 Å². The van der Waals surface area contributed by atoms with Crippen molar-refractivity contribution in [2.45, 2.75) is 19.8 Å². The van der Waals surface area contributed by atoms with E-state index in [1.807, 2.05) is 6.92 Å². The lowest BCUT2D eigenvalue weighted by Gasteiger charge is -1.98. The summed E-state index contributed by atoms with van der Waals surface area (Å²) in [5.41, 5.74) is 6.58. The third-order valence-corrected chi connectivity index (χ3v) is 1.82. The lowest BCUT2D eigenvalue weighted by Crippen LogP contribution is -2.00. The lowest BCUT2D eigenvalue weighted by molar-refractivity contribution is 0.100. The minimum absolute atomic E-state index is 0.267. The van der Waals surface area contributed by atoms with Gasteiger partial charge in [0.2, 0.25) is 0 Å². The van der Waals surface area contributed by atoms with Crippen LogP contribution in [0.25, 0.3) is 0 Å². The number of nitrogens with two attached hydrogens (primary N) is 1. The summed E-state index contributed by atoms with van der Waals surface area (Å²) in [5, 5.41) is 0. The Hall–Kier alpha value is -1.64. The van der Waals surface area contributed by atoms with Crippen LogP contribution in [0.1, 0.15) is 30.1 Å². The third kappa shape index (κ3) is 2.69. The molecule has 0 aromatic heterocycles. The van der Waals surface area contributed by atoms with E-state index in [1.54, 1.807) is 30.5 Å². The quantitative estimate of drug-likeness (QED) is 0.587. The first-order valence-corrected chi connectivity index (χ1v) is 4.67. The van der Waals surface area contributed by atoms with E-state index in [4.69, 9.17) is 5.73 Å². The van der Waals surface area contributed by atoms with E-state index in [2.05, 4.69) is 4.99 Å². The van der Waals surface area contributed by atoms with Crippen LogP contribution in [-0.4, -0.2) is 12.1 Å². The number of nitrogens with zero attached hydrogens (tertiary/aromatic N) is 1. The Morgan fingerprint density at radius 1 is 1.50 bits per heavy atom. The normalized spacial score (nSPS) is 10.6. The van der Waals surface area contributed by atoms with Gasteiger partial charge in [-0.25, -0.2) is 4.99 Å². The average Bonchev–Trinajstić information content (AvgIpc) is 2.18. The van der Waals surface area contributed by atoms with Crippen LogP contribution in [0.4, 0.5) is 5.69 Å². The first-order chi connectivity index (χ1) is 6.75. The Labute approximate surface area is 83.7 Å². The fourth-order valence-electron chi connectivity index (χ4n) is 1.04. The molecule has 0 aliphatic rings. The van der Waals surface area contributed by atoms with Crippen molar-refractivity contribution in [1.29, 1.82) is 0 Å². The molecule has 1 rings (SSSR count). The molecule has 0 radical (unpaired) electrons. The van der Waals surface area contributed by atoms with Crippen LogP contribution in [0.5, 0.6) is 0 Å². The van der Waals surface area contributed by atoms with E-state index in [0.29, 0.717) is 11.3 Å². The summed E-state index contributed by atoms with van der Waals surface area (Å²) in [6, 6.07) is 6.95. The zero-order valence-corrected chi connectivity index (χ0v) is 8.23. The lowest BCUT2D eigenvalue weighted by atomic mass is 10.2. The standard InChI is InChI=1S/C11H14N2O/c1-2-3-8-13-11(14)9-6-4-5-7-10(9)12/h4-8H,2-3,12H2,1H3. The maximum absolute atomic E-state index is 11.5. The number of nitrogen functional groups attached to an aromatic ring is 1. The van der Waals surface area contributed by atoms with Gasteiger partial charge in [-0.1, -0.05) is 25.5 Å². The number of carbonyl (C=O) groups is 1. The Balaban J connectivity index is 2.75. The SMILES string of the molecule is CCCC=NC(=O)c1ccccc1N. The summed E-state index contributed by atoms with van der Waals surface area (Å²) in [6.07, 6.45) is 3.44. The second kappa shape index (κ2) is 5.17. The molecule has 0 heterocycles. The Morgan fingerprint density at radius 2 is 2.21 bits per heavy atom. The van der Waals surface area contributed by atoms with E-state index < -0.39 is 0 Å². The van der Waals surface area contributed by atoms with Crippen molar-refractivity contribution in [3.63, 3.8) is 0 Å². The Morgan fingerprint density at radius 3 is 2.86 bits per heavy atom. The van der Waals surface area contributed by atoms with Gasteiger partial charge in [0.15, 0.2) is 0 Å². The first-order valence-electron chi connectivity index (χ1n) is 4.67. The highest BCUT2D eigenvalue weighted by Gasteiger charge is 2.05. The van der Waals surface area contributed by atoms with Gasteiger partial charge in [0.25, 0.3) is 5.91 Å². The average molecular weight is 190 g/mol. The fraction of sp³-hybridized carbons (Fsp3) is 0.273. The molecule has 0 spiro atoms. The van der Waals surface area contributed by atoms with Crippen molar-refractivity contribution >= 4 is 17.8 Å². The number of amides is 1. The van der Waals surface area contributed by atoms with Crippen molar-refractivity contribution in [2.24, 2.45) is 4.99 Å². The topological polar surface area (TPSA) is 55.5 Å². The molecule has 74 valence electrons. The fourth-order valence-corrected chi connectivity index (χ4v) is 1.04. The molecule has 3 heteroatoms. The molecule has 1 aromatic rings. The van der Waals surface area contributed by atoms with Gasteiger partial charge < -0.3 is 5.73 Å². The number of hydrogen-bond acceptors (Lipinski definition) is 2. The minimum Gasteiger partial charge on any atom is -0.398 e. The number of hydrogen-bond donors (Lipinski definition) is 1. The molecule has 0 aliphatic carbocycles. The molecule has 0 saturated carbocycles. The zero-order chi connectivity index (χ0) is 10.4. The predicted molar refractivity (Wildman–Crippen MR) is 58.6 cm³/mol. The third-order valence-electron chi connectivity index (χ3n) is 1.82. The van der Waals surface area contributed by atoms with Crippen molar-refractivity contribution in [2.75, 3.05) is 5.73 Å². The summed E-state index contributed by atoms with van der Waals surface area (Å²) >= 11 is 0. The Kier molecular flexibility index (Phi) is 3.85. The summed E-state index contributed by atoms with van der Waals surface area (Å²) in [4.78, 5) is 15.3. The zero-order valence-electron chi connectivity index (χ0n) is 8.23. The van der Waals surface area contributed by atoms with Gasteiger partial charge in [0.05, 0.1) is 5.56 Å². The second-order valence-electron chi connectivity index (χ2n) is 2.99. The van der Waals surface area contributed by atoms with Crippen molar-refractivity contribution in [1.82, 2.24) is 0 Å². The number of rotatable bonds is 3. The number of benzene rings is 1.